The Morgan fingerprint density at radius 3 is 2.79 bits per heavy atom. The largest absolute Gasteiger partial charge is 0.368 e. The fourth-order valence-corrected chi connectivity index (χ4v) is 3.13. The van der Waals surface area contributed by atoms with E-state index in [4.69, 9.17) is 17.3 Å². The van der Waals surface area contributed by atoms with E-state index >= 15 is 0 Å². The molecule has 0 bridgehead atoms. The Hall–Kier alpha value is -2.34. The van der Waals surface area contributed by atoms with Gasteiger partial charge >= 0.3 is 6.03 Å². The number of carbonyl (C=O) groups excluding carboxylic acids is 1. The van der Waals surface area contributed by atoms with Gasteiger partial charge in [-0.1, -0.05) is 17.7 Å². The number of aryl methyl sites for hydroxylation is 1. The number of hydrogen-bond acceptors (Lipinski definition) is 4. The van der Waals surface area contributed by atoms with Crippen molar-refractivity contribution in [1.82, 2.24) is 19.8 Å². The summed E-state index contributed by atoms with van der Waals surface area (Å²) in [6.07, 6.45) is 0. The highest BCUT2D eigenvalue weighted by molar-refractivity contribution is 6.30. The van der Waals surface area contributed by atoms with Crippen LogP contribution in [0.15, 0.2) is 18.2 Å². The molecule has 1 aliphatic rings. The Kier molecular flexibility index (Phi) is 4.32. The summed E-state index contributed by atoms with van der Waals surface area (Å²) in [7, 11) is 1.79. The van der Waals surface area contributed by atoms with Gasteiger partial charge in [0.15, 0.2) is 0 Å². The first-order valence-electron chi connectivity index (χ1n) is 7.82. The maximum absolute atomic E-state index is 12.4. The van der Waals surface area contributed by atoms with E-state index in [1.807, 2.05) is 32.0 Å². The van der Waals surface area contributed by atoms with E-state index in [2.05, 4.69) is 9.97 Å². The van der Waals surface area contributed by atoms with Gasteiger partial charge in [0, 0.05) is 29.7 Å². The monoisotopic (exact) mass is 345 g/mol. The summed E-state index contributed by atoms with van der Waals surface area (Å²) in [6.45, 7) is 5.51. The van der Waals surface area contributed by atoms with Crippen LogP contribution in [-0.4, -0.2) is 39.4 Å². The van der Waals surface area contributed by atoms with Crippen LogP contribution in [0.1, 0.15) is 23.7 Å². The lowest BCUT2D eigenvalue weighted by Crippen LogP contribution is -2.37. The minimum atomic E-state index is -0.0205. The summed E-state index contributed by atoms with van der Waals surface area (Å²) < 4.78 is 0. The molecule has 2 aromatic rings. The molecule has 7 heteroatoms. The molecule has 0 radical (unpaired) electrons. The van der Waals surface area contributed by atoms with Crippen LogP contribution in [-0.2, 0) is 13.1 Å². The summed E-state index contributed by atoms with van der Waals surface area (Å²) >= 11 is 6.05. The Balaban J connectivity index is 2.03. The second-order valence-electron chi connectivity index (χ2n) is 5.97. The molecule has 0 unspecified atom stereocenters. The Morgan fingerprint density at radius 2 is 2.12 bits per heavy atom. The third-order valence-corrected chi connectivity index (χ3v) is 4.55. The van der Waals surface area contributed by atoms with E-state index < -0.39 is 0 Å². The minimum Gasteiger partial charge on any atom is -0.368 e. The highest BCUT2D eigenvalue weighted by atomic mass is 35.5. The van der Waals surface area contributed by atoms with Gasteiger partial charge in [-0.15, -0.1) is 0 Å². The molecule has 6 nitrogen and oxygen atoms in total. The van der Waals surface area contributed by atoms with Crippen LogP contribution in [0, 0.1) is 6.92 Å². The smallest absolute Gasteiger partial charge is 0.320 e. The predicted molar refractivity (Wildman–Crippen MR) is 94.6 cm³/mol. The lowest BCUT2D eigenvalue weighted by molar-refractivity contribution is 0.164. The Labute approximate surface area is 146 Å². The van der Waals surface area contributed by atoms with E-state index in [1.54, 1.807) is 16.8 Å². The second-order valence-corrected chi connectivity index (χ2v) is 6.40. The first-order chi connectivity index (χ1) is 11.4. The summed E-state index contributed by atoms with van der Waals surface area (Å²) in [6, 6.07) is 5.64. The molecule has 2 amide bonds. The minimum absolute atomic E-state index is 0.0205. The van der Waals surface area contributed by atoms with E-state index in [9.17, 15) is 4.79 Å². The zero-order valence-corrected chi connectivity index (χ0v) is 14.8. The predicted octanol–water partition coefficient (Wildman–Crippen LogP) is 3.07. The van der Waals surface area contributed by atoms with Crippen molar-refractivity contribution in [3.63, 3.8) is 0 Å². The fraction of sp³-hybridized carbons (Fsp3) is 0.353. The van der Waals surface area contributed by atoms with Crippen molar-refractivity contribution >= 4 is 23.6 Å². The van der Waals surface area contributed by atoms with Crippen molar-refractivity contribution in [2.24, 2.45) is 0 Å². The summed E-state index contributed by atoms with van der Waals surface area (Å²) in [4.78, 5) is 24.7. The number of hydrogen-bond donors (Lipinski definition) is 1. The van der Waals surface area contributed by atoms with Crippen LogP contribution in [0.4, 0.5) is 10.7 Å². The Bertz CT molecular complexity index is 808. The molecule has 0 spiro atoms. The molecule has 126 valence electrons. The maximum Gasteiger partial charge on any atom is 0.320 e. The fourth-order valence-electron chi connectivity index (χ4n) is 2.90. The third-order valence-electron chi connectivity index (χ3n) is 4.31. The van der Waals surface area contributed by atoms with Gasteiger partial charge in [0.05, 0.1) is 24.5 Å². The van der Waals surface area contributed by atoms with Crippen molar-refractivity contribution in [2.75, 3.05) is 19.3 Å². The number of carbonyl (C=O) groups is 1. The first kappa shape index (κ1) is 16.5. The van der Waals surface area contributed by atoms with Crippen LogP contribution in [0.25, 0.3) is 11.3 Å². The zero-order valence-electron chi connectivity index (χ0n) is 14.0. The average Bonchev–Trinajstić information content (AvgIpc) is 2.96. The van der Waals surface area contributed by atoms with Crippen molar-refractivity contribution < 1.29 is 4.79 Å². The highest BCUT2D eigenvalue weighted by Crippen LogP contribution is 2.33. The van der Waals surface area contributed by atoms with Gasteiger partial charge in [-0.25, -0.2) is 14.8 Å². The zero-order chi connectivity index (χ0) is 17.4. The van der Waals surface area contributed by atoms with E-state index in [1.165, 1.54) is 0 Å². The number of benzene rings is 1. The second kappa shape index (κ2) is 6.28. The van der Waals surface area contributed by atoms with E-state index in [0.29, 0.717) is 24.7 Å². The number of anilines is 1. The molecule has 0 saturated carbocycles. The topological polar surface area (TPSA) is 75.4 Å². The lowest BCUT2D eigenvalue weighted by Gasteiger charge is -2.22. The molecule has 0 aliphatic carbocycles. The van der Waals surface area contributed by atoms with Crippen molar-refractivity contribution in [2.45, 2.75) is 26.9 Å². The molecular formula is C17H20ClN5O. The third kappa shape index (κ3) is 2.89. The van der Waals surface area contributed by atoms with E-state index in [0.717, 1.165) is 28.1 Å². The normalized spacial score (nSPS) is 13.1. The molecule has 1 aromatic carbocycles. The number of amides is 2. The van der Waals surface area contributed by atoms with Gasteiger partial charge in [0.2, 0.25) is 5.95 Å². The van der Waals surface area contributed by atoms with Gasteiger partial charge in [-0.05, 0) is 31.5 Å². The molecule has 0 atom stereocenters. The van der Waals surface area contributed by atoms with Crippen LogP contribution in [0.5, 0.6) is 0 Å². The van der Waals surface area contributed by atoms with Crippen molar-refractivity contribution in [3.8, 4) is 11.3 Å². The standard InChI is InChI=1S/C17H20ClN5O/c1-4-22(3)17(24)23-8-13-14(9-23)20-16(19)21-15(13)12-6-5-11(18)7-10(12)2/h5-7H,4,8-9H2,1-3H3,(H2,19,20,21). The Morgan fingerprint density at radius 1 is 1.38 bits per heavy atom. The maximum atomic E-state index is 12.4. The molecular weight excluding hydrogens is 326 g/mol. The van der Waals surface area contributed by atoms with Crippen LogP contribution in [0.2, 0.25) is 5.02 Å². The number of fused-ring (bicyclic) bond motifs is 1. The lowest BCUT2D eigenvalue weighted by atomic mass is 10.0. The molecule has 2 heterocycles. The van der Waals surface area contributed by atoms with Crippen molar-refractivity contribution in [1.29, 1.82) is 0 Å². The summed E-state index contributed by atoms with van der Waals surface area (Å²) in [5, 5.41) is 0.677. The molecule has 0 saturated heterocycles. The van der Waals surface area contributed by atoms with Gasteiger partial charge in [-0.2, -0.15) is 0 Å². The number of nitrogens with zero attached hydrogens (tertiary/aromatic N) is 4. The van der Waals surface area contributed by atoms with Gasteiger partial charge < -0.3 is 15.5 Å². The van der Waals surface area contributed by atoms with Gasteiger partial charge in [0.1, 0.15) is 0 Å². The number of halogens is 1. The molecule has 1 aromatic heterocycles. The van der Waals surface area contributed by atoms with Crippen LogP contribution >= 0.6 is 11.6 Å². The number of urea groups is 1. The quantitative estimate of drug-likeness (QED) is 0.907. The summed E-state index contributed by atoms with van der Waals surface area (Å²) in [5.41, 5.74) is 10.4. The molecule has 1 aliphatic heterocycles. The van der Waals surface area contributed by atoms with Crippen LogP contribution in [0.3, 0.4) is 0 Å². The highest BCUT2D eigenvalue weighted by Gasteiger charge is 2.30. The van der Waals surface area contributed by atoms with E-state index in [-0.39, 0.29) is 12.0 Å². The number of rotatable bonds is 2. The summed E-state index contributed by atoms with van der Waals surface area (Å²) in [5.74, 6) is 0.219. The number of aromatic nitrogens is 2. The average molecular weight is 346 g/mol. The SMILES string of the molecule is CCN(C)C(=O)N1Cc2nc(N)nc(-c3ccc(Cl)cc3C)c2C1. The number of nitrogens with two attached hydrogens (primary N) is 1. The molecule has 0 fully saturated rings. The van der Waals surface area contributed by atoms with Crippen LogP contribution < -0.4 is 5.73 Å². The molecule has 24 heavy (non-hydrogen) atoms. The van der Waals surface area contributed by atoms with Gasteiger partial charge in [-0.3, -0.25) is 0 Å². The molecule has 2 N–H and O–H groups in total. The van der Waals surface area contributed by atoms with Crippen molar-refractivity contribution in [3.05, 3.63) is 40.0 Å². The first-order valence-corrected chi connectivity index (χ1v) is 8.20. The molecule has 3 rings (SSSR count). The van der Waals surface area contributed by atoms with Gasteiger partial charge in [0.25, 0.3) is 0 Å². The number of nitrogen functional groups attached to an aromatic ring is 1.